The number of amides is 2. The monoisotopic (exact) mass is 372 g/mol. The van der Waals surface area contributed by atoms with Crippen molar-refractivity contribution in [3.8, 4) is 5.75 Å². The molecule has 0 radical (unpaired) electrons. The fourth-order valence-corrected chi connectivity index (χ4v) is 4.64. The van der Waals surface area contributed by atoms with E-state index in [0.717, 1.165) is 53.0 Å². The Kier molecular flexibility index (Phi) is 5.32. The highest BCUT2D eigenvalue weighted by Gasteiger charge is 2.26. The van der Waals surface area contributed by atoms with E-state index in [1.165, 1.54) is 11.3 Å². The smallest absolute Gasteiger partial charge is 0.265 e. The zero-order valence-corrected chi connectivity index (χ0v) is 16.2. The standard InChI is InChI=1S/C20H24N2O3S/c1-11-7-6-8-12(2)17(11)25-13(3)19(24)22-20-16(18(21)23)14-9-4-5-10-15(14)26-20/h6-8,13H,4-5,9-10H2,1-3H3,(H2,21,23)(H,22,24)/t13-/m1/s1. The normalized spacial score (nSPS) is 14.4. The van der Waals surface area contributed by atoms with Crippen molar-refractivity contribution in [2.45, 2.75) is 52.6 Å². The molecule has 2 amide bonds. The van der Waals surface area contributed by atoms with Crippen LogP contribution in [0.4, 0.5) is 5.00 Å². The molecule has 3 N–H and O–H groups in total. The van der Waals surface area contributed by atoms with E-state index in [4.69, 9.17) is 10.5 Å². The van der Waals surface area contributed by atoms with E-state index in [9.17, 15) is 9.59 Å². The van der Waals surface area contributed by atoms with Crippen molar-refractivity contribution in [3.63, 3.8) is 0 Å². The number of rotatable bonds is 5. The summed E-state index contributed by atoms with van der Waals surface area (Å²) in [5, 5.41) is 3.41. The van der Waals surface area contributed by atoms with Crippen molar-refractivity contribution in [2.24, 2.45) is 5.73 Å². The predicted molar refractivity (Wildman–Crippen MR) is 104 cm³/mol. The van der Waals surface area contributed by atoms with Crippen LogP contribution in [-0.4, -0.2) is 17.9 Å². The Balaban J connectivity index is 1.79. The van der Waals surface area contributed by atoms with Crippen LogP contribution in [0.5, 0.6) is 5.75 Å². The summed E-state index contributed by atoms with van der Waals surface area (Å²) in [6, 6.07) is 5.86. The molecule has 1 heterocycles. The zero-order chi connectivity index (χ0) is 18.8. The molecule has 1 atom stereocenters. The highest BCUT2D eigenvalue weighted by Crippen LogP contribution is 2.38. The molecule has 0 unspecified atom stereocenters. The molecule has 0 aliphatic heterocycles. The lowest BCUT2D eigenvalue weighted by atomic mass is 9.95. The van der Waals surface area contributed by atoms with Gasteiger partial charge >= 0.3 is 0 Å². The second-order valence-electron chi connectivity index (χ2n) is 6.75. The number of benzene rings is 1. The van der Waals surface area contributed by atoms with Gasteiger partial charge in [0.2, 0.25) is 0 Å². The van der Waals surface area contributed by atoms with Crippen LogP contribution in [-0.2, 0) is 17.6 Å². The summed E-state index contributed by atoms with van der Waals surface area (Å²) in [6.07, 6.45) is 3.24. The van der Waals surface area contributed by atoms with Crippen LogP contribution < -0.4 is 15.8 Å². The number of nitrogens with one attached hydrogen (secondary N) is 1. The Bertz CT molecular complexity index is 837. The zero-order valence-electron chi connectivity index (χ0n) is 15.3. The maximum absolute atomic E-state index is 12.6. The number of aryl methyl sites for hydroxylation is 3. The molecule has 138 valence electrons. The molecular formula is C20H24N2O3S. The van der Waals surface area contributed by atoms with E-state index in [-0.39, 0.29) is 5.91 Å². The largest absolute Gasteiger partial charge is 0.480 e. The van der Waals surface area contributed by atoms with Crippen LogP contribution in [0, 0.1) is 13.8 Å². The first-order valence-electron chi connectivity index (χ1n) is 8.86. The summed E-state index contributed by atoms with van der Waals surface area (Å²) in [4.78, 5) is 25.7. The molecule has 0 saturated carbocycles. The number of thiophene rings is 1. The highest BCUT2D eigenvalue weighted by atomic mass is 32.1. The number of nitrogens with two attached hydrogens (primary N) is 1. The molecule has 1 aliphatic carbocycles. The Morgan fingerprint density at radius 3 is 2.50 bits per heavy atom. The lowest BCUT2D eigenvalue weighted by Gasteiger charge is -2.18. The van der Waals surface area contributed by atoms with Crippen LogP contribution in [0.15, 0.2) is 18.2 Å². The number of ether oxygens (including phenoxy) is 1. The molecule has 1 aromatic heterocycles. The van der Waals surface area contributed by atoms with E-state index in [1.807, 2.05) is 32.0 Å². The fraction of sp³-hybridized carbons (Fsp3) is 0.400. The fourth-order valence-electron chi connectivity index (χ4n) is 3.34. The van der Waals surface area contributed by atoms with Crippen molar-refractivity contribution in [1.29, 1.82) is 0 Å². The number of carbonyl (C=O) groups excluding carboxylic acids is 2. The SMILES string of the molecule is Cc1cccc(C)c1O[C@H](C)C(=O)Nc1sc2c(c1C(N)=O)CCCC2. The molecule has 0 saturated heterocycles. The molecular weight excluding hydrogens is 348 g/mol. The van der Waals surface area contributed by atoms with Gasteiger partial charge in [-0.3, -0.25) is 9.59 Å². The van der Waals surface area contributed by atoms with Gasteiger partial charge in [-0.2, -0.15) is 0 Å². The van der Waals surface area contributed by atoms with Crippen LogP contribution in [0.3, 0.4) is 0 Å². The Labute approximate surface area is 157 Å². The number of primary amides is 1. The van der Waals surface area contributed by atoms with Crippen molar-refractivity contribution in [1.82, 2.24) is 0 Å². The molecule has 5 nitrogen and oxygen atoms in total. The van der Waals surface area contributed by atoms with Gasteiger partial charge in [-0.15, -0.1) is 11.3 Å². The number of hydrogen-bond acceptors (Lipinski definition) is 4. The predicted octanol–water partition coefficient (Wildman–Crippen LogP) is 3.75. The molecule has 1 aliphatic rings. The number of fused-ring (bicyclic) bond motifs is 1. The lowest BCUT2D eigenvalue weighted by Crippen LogP contribution is -2.31. The summed E-state index contributed by atoms with van der Waals surface area (Å²) in [7, 11) is 0. The van der Waals surface area contributed by atoms with Crippen molar-refractivity contribution in [3.05, 3.63) is 45.3 Å². The summed E-state index contributed by atoms with van der Waals surface area (Å²) < 4.78 is 5.89. The Morgan fingerprint density at radius 1 is 1.19 bits per heavy atom. The molecule has 0 fully saturated rings. The van der Waals surface area contributed by atoms with Gasteiger partial charge in [0.1, 0.15) is 10.8 Å². The average Bonchev–Trinajstić information content (AvgIpc) is 2.96. The third kappa shape index (κ3) is 3.60. The molecule has 1 aromatic carbocycles. The maximum Gasteiger partial charge on any atom is 0.265 e. The summed E-state index contributed by atoms with van der Waals surface area (Å²) in [5.74, 6) is -0.0486. The van der Waals surface area contributed by atoms with E-state index in [1.54, 1.807) is 6.92 Å². The third-order valence-corrected chi connectivity index (χ3v) is 5.93. The Hall–Kier alpha value is -2.34. The Morgan fingerprint density at radius 2 is 1.85 bits per heavy atom. The van der Waals surface area contributed by atoms with Gasteiger partial charge in [-0.25, -0.2) is 0 Å². The third-order valence-electron chi connectivity index (χ3n) is 4.73. The number of anilines is 1. The van der Waals surface area contributed by atoms with Gasteiger partial charge in [0.05, 0.1) is 5.56 Å². The minimum atomic E-state index is -0.686. The first kappa shape index (κ1) is 18.5. The molecule has 0 spiro atoms. The van der Waals surface area contributed by atoms with E-state index in [2.05, 4.69) is 5.32 Å². The van der Waals surface area contributed by atoms with Gasteiger partial charge < -0.3 is 15.8 Å². The second kappa shape index (κ2) is 7.50. The molecule has 6 heteroatoms. The molecule has 26 heavy (non-hydrogen) atoms. The topological polar surface area (TPSA) is 81.4 Å². The van der Waals surface area contributed by atoms with Crippen molar-refractivity contribution in [2.75, 3.05) is 5.32 Å². The van der Waals surface area contributed by atoms with Gasteiger partial charge in [0, 0.05) is 4.88 Å². The summed E-state index contributed by atoms with van der Waals surface area (Å²) >= 11 is 1.46. The first-order valence-corrected chi connectivity index (χ1v) is 9.68. The lowest BCUT2D eigenvalue weighted by molar-refractivity contribution is -0.122. The minimum Gasteiger partial charge on any atom is -0.480 e. The molecule has 3 rings (SSSR count). The van der Waals surface area contributed by atoms with Crippen molar-refractivity contribution < 1.29 is 14.3 Å². The van der Waals surface area contributed by atoms with Gasteiger partial charge in [-0.1, -0.05) is 18.2 Å². The molecule has 2 aromatic rings. The van der Waals surface area contributed by atoms with E-state index >= 15 is 0 Å². The maximum atomic E-state index is 12.6. The number of carbonyl (C=O) groups is 2. The number of para-hydroxylation sites is 1. The summed E-state index contributed by atoms with van der Waals surface area (Å²) in [6.45, 7) is 5.61. The van der Waals surface area contributed by atoms with Crippen LogP contribution >= 0.6 is 11.3 Å². The highest BCUT2D eigenvalue weighted by molar-refractivity contribution is 7.17. The van der Waals surface area contributed by atoms with E-state index < -0.39 is 12.0 Å². The van der Waals surface area contributed by atoms with E-state index in [0.29, 0.717) is 10.6 Å². The van der Waals surface area contributed by atoms with Crippen molar-refractivity contribution >= 4 is 28.2 Å². The first-order chi connectivity index (χ1) is 12.4. The van der Waals surface area contributed by atoms with Gasteiger partial charge in [0.25, 0.3) is 11.8 Å². The summed E-state index contributed by atoms with van der Waals surface area (Å²) in [5.41, 5.74) is 9.02. The number of hydrogen-bond donors (Lipinski definition) is 2. The molecule has 0 bridgehead atoms. The average molecular weight is 372 g/mol. The van der Waals surface area contributed by atoms with Gasteiger partial charge in [0.15, 0.2) is 6.10 Å². The van der Waals surface area contributed by atoms with Crippen LogP contribution in [0.2, 0.25) is 0 Å². The van der Waals surface area contributed by atoms with Crippen LogP contribution in [0.25, 0.3) is 0 Å². The minimum absolute atomic E-state index is 0.284. The van der Waals surface area contributed by atoms with Crippen LogP contribution in [0.1, 0.15) is 51.7 Å². The quantitative estimate of drug-likeness (QED) is 0.839. The van der Waals surface area contributed by atoms with Gasteiger partial charge in [-0.05, 0) is 63.1 Å². The second-order valence-corrected chi connectivity index (χ2v) is 7.85.